The van der Waals surface area contributed by atoms with Gasteiger partial charge < -0.3 is 4.90 Å². The van der Waals surface area contributed by atoms with Gasteiger partial charge in [0, 0.05) is 16.9 Å². The first-order valence-corrected chi connectivity index (χ1v) is 21.6. The molecule has 1 spiro atoms. The van der Waals surface area contributed by atoms with Crippen molar-refractivity contribution < 1.29 is 0 Å². The van der Waals surface area contributed by atoms with Crippen LogP contribution in [0, 0.1) is 0 Å². The normalized spacial score (nSPS) is 13.0. The molecule has 13 rings (SSSR count). The molecule has 11 aromatic carbocycles. The van der Waals surface area contributed by atoms with Crippen LogP contribution in [0.25, 0.3) is 76.8 Å². The molecule has 0 atom stereocenters. The van der Waals surface area contributed by atoms with Crippen LogP contribution in [0.1, 0.15) is 22.3 Å². The van der Waals surface area contributed by atoms with E-state index in [9.17, 15) is 0 Å². The molecule has 0 amide bonds. The molecule has 0 saturated heterocycles. The van der Waals surface area contributed by atoms with Gasteiger partial charge in [-0.1, -0.05) is 200 Å². The van der Waals surface area contributed by atoms with Gasteiger partial charge in [-0.05, 0) is 130 Å². The topological polar surface area (TPSA) is 3.24 Å². The van der Waals surface area contributed by atoms with Crippen molar-refractivity contribution in [3.63, 3.8) is 0 Å². The minimum atomic E-state index is -0.500. The van der Waals surface area contributed by atoms with Gasteiger partial charge in [0.15, 0.2) is 0 Å². The van der Waals surface area contributed by atoms with Crippen LogP contribution in [-0.2, 0) is 5.41 Å². The summed E-state index contributed by atoms with van der Waals surface area (Å²) in [4.78, 5) is 2.51. The number of anilines is 3. The fourth-order valence-electron chi connectivity index (χ4n) is 11.1. The first-order chi connectivity index (χ1) is 30.8. The summed E-state index contributed by atoms with van der Waals surface area (Å²) in [6, 6.07) is 87.9. The lowest BCUT2D eigenvalue weighted by molar-refractivity contribution is 0.794. The van der Waals surface area contributed by atoms with Crippen LogP contribution >= 0.6 is 0 Å². The third-order valence-corrected chi connectivity index (χ3v) is 13.7. The molecule has 0 fully saturated rings. The lowest BCUT2D eigenvalue weighted by atomic mass is 9.70. The lowest BCUT2D eigenvalue weighted by Crippen LogP contribution is -2.26. The largest absolute Gasteiger partial charge is 0.310 e. The molecule has 0 saturated carbocycles. The van der Waals surface area contributed by atoms with Crippen LogP contribution in [0.2, 0.25) is 0 Å². The molecule has 62 heavy (non-hydrogen) atoms. The summed E-state index contributed by atoms with van der Waals surface area (Å²) >= 11 is 0. The predicted octanol–water partition coefficient (Wildman–Crippen LogP) is 16.3. The van der Waals surface area contributed by atoms with Crippen molar-refractivity contribution in [1.29, 1.82) is 0 Å². The summed E-state index contributed by atoms with van der Waals surface area (Å²) in [7, 11) is 0. The highest BCUT2D eigenvalue weighted by atomic mass is 15.1. The molecule has 1 nitrogen and oxygen atoms in total. The van der Waals surface area contributed by atoms with E-state index < -0.39 is 5.41 Å². The fourth-order valence-corrected chi connectivity index (χ4v) is 11.1. The highest BCUT2D eigenvalue weighted by Gasteiger charge is 2.52. The number of hydrogen-bond donors (Lipinski definition) is 0. The van der Waals surface area contributed by atoms with Crippen molar-refractivity contribution in [2.75, 3.05) is 4.90 Å². The van der Waals surface area contributed by atoms with Crippen LogP contribution in [-0.4, -0.2) is 0 Å². The van der Waals surface area contributed by atoms with Gasteiger partial charge in [0.05, 0.1) is 11.1 Å². The van der Waals surface area contributed by atoms with Gasteiger partial charge in [0.25, 0.3) is 0 Å². The van der Waals surface area contributed by atoms with Crippen LogP contribution in [0.3, 0.4) is 0 Å². The third kappa shape index (κ3) is 4.91. The Labute approximate surface area is 361 Å². The zero-order valence-electron chi connectivity index (χ0n) is 34.0. The van der Waals surface area contributed by atoms with Crippen molar-refractivity contribution >= 4 is 49.4 Å². The van der Waals surface area contributed by atoms with E-state index in [1.807, 2.05) is 0 Å². The smallest absolute Gasteiger partial charge is 0.0726 e. The van der Waals surface area contributed by atoms with Crippen LogP contribution < -0.4 is 4.90 Å². The Morgan fingerprint density at radius 1 is 0.258 bits per heavy atom. The zero-order chi connectivity index (χ0) is 40.8. The highest BCUT2D eigenvalue weighted by molar-refractivity contribution is 6.26. The first-order valence-electron chi connectivity index (χ1n) is 21.6. The average molecular weight is 786 g/mol. The van der Waals surface area contributed by atoms with E-state index >= 15 is 0 Å². The molecule has 0 aliphatic heterocycles. The highest BCUT2D eigenvalue weighted by Crippen LogP contribution is 2.65. The SMILES string of the molecule is c1ccc(-c2ccc(N(c3ccc4c5ccccc5c5ccccc5c4c3)c3cccc4c3-c3ccc(-c5ccccc5)cc3C43c4ccccc4-c4ccccc43)cc2)cc1. The van der Waals surface area contributed by atoms with E-state index in [1.54, 1.807) is 0 Å². The van der Waals surface area contributed by atoms with E-state index in [4.69, 9.17) is 0 Å². The molecule has 0 unspecified atom stereocenters. The number of benzene rings is 11. The van der Waals surface area contributed by atoms with Gasteiger partial charge in [-0.3, -0.25) is 0 Å². The molecule has 2 aliphatic carbocycles. The molecule has 0 heterocycles. The lowest BCUT2D eigenvalue weighted by Gasteiger charge is -2.32. The zero-order valence-corrected chi connectivity index (χ0v) is 34.0. The Balaban J connectivity index is 1.12. The monoisotopic (exact) mass is 785 g/mol. The first kappa shape index (κ1) is 34.8. The summed E-state index contributed by atoms with van der Waals surface area (Å²) < 4.78 is 0. The number of rotatable bonds is 5. The van der Waals surface area contributed by atoms with Crippen LogP contribution in [0.5, 0.6) is 0 Å². The second-order valence-electron chi connectivity index (χ2n) is 16.7. The van der Waals surface area contributed by atoms with Crippen molar-refractivity contribution in [2.45, 2.75) is 5.41 Å². The second kappa shape index (κ2) is 13.5. The van der Waals surface area contributed by atoms with E-state index in [1.165, 1.54) is 99.1 Å². The second-order valence-corrected chi connectivity index (χ2v) is 16.7. The molecule has 0 aromatic heterocycles. The Bertz CT molecular complexity index is 3480. The Morgan fingerprint density at radius 2 is 0.726 bits per heavy atom. The molecule has 288 valence electrons. The van der Waals surface area contributed by atoms with Gasteiger partial charge in [-0.2, -0.15) is 0 Å². The van der Waals surface area contributed by atoms with Crippen molar-refractivity contribution in [1.82, 2.24) is 0 Å². The number of nitrogens with zero attached hydrogens (tertiary/aromatic N) is 1. The minimum absolute atomic E-state index is 0.500. The Kier molecular flexibility index (Phi) is 7.59. The van der Waals surface area contributed by atoms with Crippen molar-refractivity contribution in [3.8, 4) is 44.5 Å². The Hall–Kier alpha value is -8.00. The summed E-state index contributed by atoms with van der Waals surface area (Å²) in [5.41, 5.74) is 18.2. The van der Waals surface area contributed by atoms with Crippen LogP contribution in [0.4, 0.5) is 17.1 Å². The average Bonchev–Trinajstić information content (AvgIpc) is 3.82. The van der Waals surface area contributed by atoms with Gasteiger partial charge in [-0.25, -0.2) is 0 Å². The van der Waals surface area contributed by atoms with E-state index in [0.29, 0.717) is 0 Å². The summed E-state index contributed by atoms with van der Waals surface area (Å²) in [5.74, 6) is 0. The standard InChI is InChI=1S/C61H39N/c1-3-16-40(17-4-1)42-30-33-44(34-31-42)62(45-35-37-50-48-22-8-7-20-46(48)47-21-9-10-23-49(47)54(50)39-45)59-29-15-28-57-60(59)53-36-32-43(41-18-5-2-6-19-41)38-58(53)61(57)55-26-13-11-24-51(55)52-25-12-14-27-56(52)61/h1-39H. The fraction of sp³-hybridized carbons (Fsp3) is 0.0164. The molecule has 2 aliphatic rings. The van der Waals surface area contributed by atoms with Gasteiger partial charge >= 0.3 is 0 Å². The Morgan fingerprint density at radius 3 is 1.35 bits per heavy atom. The van der Waals surface area contributed by atoms with E-state index in [-0.39, 0.29) is 0 Å². The summed E-state index contributed by atoms with van der Waals surface area (Å²) in [5, 5.41) is 7.60. The van der Waals surface area contributed by atoms with Crippen molar-refractivity contribution in [2.24, 2.45) is 0 Å². The van der Waals surface area contributed by atoms with Crippen LogP contribution in [0.15, 0.2) is 237 Å². The maximum Gasteiger partial charge on any atom is 0.0726 e. The quantitative estimate of drug-likeness (QED) is 0.157. The molecule has 0 N–H and O–H groups in total. The van der Waals surface area contributed by atoms with Gasteiger partial charge in [-0.15, -0.1) is 0 Å². The number of fused-ring (bicyclic) bond motifs is 16. The van der Waals surface area contributed by atoms with Gasteiger partial charge in [0.2, 0.25) is 0 Å². The maximum absolute atomic E-state index is 2.51. The van der Waals surface area contributed by atoms with E-state index in [2.05, 4.69) is 241 Å². The van der Waals surface area contributed by atoms with Crippen molar-refractivity contribution in [3.05, 3.63) is 259 Å². The third-order valence-electron chi connectivity index (χ3n) is 13.7. The summed E-state index contributed by atoms with van der Waals surface area (Å²) in [6.45, 7) is 0. The number of hydrogen-bond acceptors (Lipinski definition) is 1. The predicted molar refractivity (Wildman–Crippen MR) is 261 cm³/mol. The minimum Gasteiger partial charge on any atom is -0.310 e. The molecule has 0 radical (unpaired) electrons. The molecule has 0 bridgehead atoms. The molecule has 1 heteroatoms. The molecular weight excluding hydrogens is 747 g/mol. The molecule has 11 aromatic rings. The van der Waals surface area contributed by atoms with E-state index in [0.717, 1.165) is 17.1 Å². The summed E-state index contributed by atoms with van der Waals surface area (Å²) in [6.07, 6.45) is 0. The van der Waals surface area contributed by atoms with Gasteiger partial charge in [0.1, 0.15) is 0 Å². The molecular formula is C61H39N. The maximum atomic E-state index is 2.51.